The molecule has 0 radical (unpaired) electrons. The number of hydrogen-bond donors (Lipinski definition) is 1. The molecule has 1 N–H and O–H groups in total. The van der Waals surface area contributed by atoms with Crippen LogP contribution >= 0.6 is 0 Å². The number of amides is 1. The van der Waals surface area contributed by atoms with E-state index >= 15 is 0 Å². The van der Waals surface area contributed by atoms with Crippen LogP contribution in [0.4, 0.5) is 10.5 Å². The second-order valence-electron chi connectivity index (χ2n) is 6.43. The quantitative estimate of drug-likeness (QED) is 0.275. The van der Waals surface area contributed by atoms with E-state index in [-0.39, 0.29) is 0 Å². The topological polar surface area (TPSA) is 63.6 Å². The molecule has 1 amide bonds. The largest absolute Gasteiger partial charge is 0.437 e. The van der Waals surface area contributed by atoms with E-state index in [0.717, 1.165) is 27.6 Å². The highest BCUT2D eigenvalue weighted by Crippen LogP contribution is 2.23. The van der Waals surface area contributed by atoms with Gasteiger partial charge in [-0.1, -0.05) is 71.9 Å². The van der Waals surface area contributed by atoms with Crippen LogP contribution in [0.15, 0.2) is 96.3 Å². The van der Waals surface area contributed by atoms with Gasteiger partial charge in [-0.2, -0.15) is 0 Å². The van der Waals surface area contributed by atoms with E-state index in [1.54, 1.807) is 12.4 Å². The fourth-order valence-corrected chi connectivity index (χ4v) is 3.04. The highest BCUT2D eigenvalue weighted by molar-refractivity contribution is 6.00. The van der Waals surface area contributed by atoms with Crippen LogP contribution in [-0.2, 0) is 11.3 Å². The van der Waals surface area contributed by atoms with Crippen LogP contribution in [-0.4, -0.2) is 17.3 Å². The molecule has 4 aromatic rings. The van der Waals surface area contributed by atoms with Gasteiger partial charge in [-0.3, -0.25) is 15.1 Å². The molecule has 0 aliphatic carbocycles. The maximum Gasteiger partial charge on any atom is 0.437 e. The molecule has 1 aromatic heterocycles. The van der Waals surface area contributed by atoms with Crippen molar-refractivity contribution in [2.75, 3.05) is 5.32 Å². The van der Waals surface area contributed by atoms with E-state index in [9.17, 15) is 4.79 Å². The van der Waals surface area contributed by atoms with Gasteiger partial charge in [0.05, 0.1) is 11.4 Å². The minimum atomic E-state index is -0.622. The minimum absolute atomic E-state index is 0.560. The van der Waals surface area contributed by atoms with Gasteiger partial charge in [0.2, 0.25) is 0 Å². The first-order valence-corrected chi connectivity index (χ1v) is 9.27. The number of anilines is 1. The average molecular weight is 381 g/mol. The molecule has 0 spiro atoms. The standard InChI is InChI=1S/C24H19N3O2/c28-24(27-23-10-5-7-19-6-1-2-8-21(19)23)29-26-17-15-18-11-13-20(14-12-18)22-9-3-4-16-25-22/h1-14,16-17H,15H2,(H,27,28). The fourth-order valence-electron chi connectivity index (χ4n) is 3.04. The van der Waals surface area contributed by atoms with Gasteiger partial charge in [0.25, 0.3) is 0 Å². The summed E-state index contributed by atoms with van der Waals surface area (Å²) >= 11 is 0. The summed E-state index contributed by atoms with van der Waals surface area (Å²) in [6.07, 6.45) is 3.28. The number of rotatable bonds is 5. The van der Waals surface area contributed by atoms with E-state index in [2.05, 4.69) is 15.5 Å². The Morgan fingerprint density at radius 1 is 0.931 bits per heavy atom. The summed E-state index contributed by atoms with van der Waals surface area (Å²) in [7, 11) is 0. The van der Waals surface area contributed by atoms with E-state index in [1.807, 2.05) is 84.9 Å². The molecule has 0 saturated heterocycles. The van der Waals surface area contributed by atoms with Crippen LogP contribution in [0.2, 0.25) is 0 Å². The number of nitrogens with zero attached hydrogens (tertiary/aromatic N) is 2. The lowest BCUT2D eigenvalue weighted by atomic mass is 10.1. The molecule has 0 unspecified atom stereocenters. The van der Waals surface area contributed by atoms with Gasteiger partial charge in [0, 0.05) is 29.8 Å². The van der Waals surface area contributed by atoms with Crippen molar-refractivity contribution >= 4 is 28.8 Å². The molecule has 5 heteroatoms. The van der Waals surface area contributed by atoms with Crippen molar-refractivity contribution in [2.45, 2.75) is 6.42 Å². The Morgan fingerprint density at radius 3 is 2.55 bits per heavy atom. The van der Waals surface area contributed by atoms with Crippen molar-refractivity contribution in [3.8, 4) is 11.3 Å². The second-order valence-corrected chi connectivity index (χ2v) is 6.43. The van der Waals surface area contributed by atoms with Gasteiger partial charge in [0.15, 0.2) is 0 Å². The third-order valence-electron chi connectivity index (χ3n) is 4.48. The molecule has 142 valence electrons. The Hall–Kier alpha value is -3.99. The molecule has 0 fully saturated rings. The van der Waals surface area contributed by atoms with Crippen LogP contribution in [0, 0.1) is 0 Å². The number of oxime groups is 1. The Bertz CT molecular complexity index is 1130. The number of carbonyl (C=O) groups excluding carboxylic acids is 1. The van der Waals surface area contributed by atoms with Crippen molar-refractivity contribution < 1.29 is 9.63 Å². The number of nitrogens with one attached hydrogen (secondary N) is 1. The Kier molecular flexibility index (Phi) is 5.58. The van der Waals surface area contributed by atoms with Crippen LogP contribution in [0.3, 0.4) is 0 Å². The molecule has 1 heterocycles. The number of pyridine rings is 1. The zero-order valence-electron chi connectivity index (χ0n) is 15.7. The summed E-state index contributed by atoms with van der Waals surface area (Å²) in [5.74, 6) is 0. The molecule has 3 aromatic carbocycles. The number of fused-ring (bicyclic) bond motifs is 1. The molecule has 0 aliphatic rings. The van der Waals surface area contributed by atoms with Crippen molar-refractivity contribution in [1.82, 2.24) is 4.98 Å². The normalized spacial score (nSPS) is 10.9. The van der Waals surface area contributed by atoms with Crippen LogP contribution in [0.1, 0.15) is 5.56 Å². The molecule has 0 aliphatic heterocycles. The average Bonchev–Trinajstić information content (AvgIpc) is 2.78. The van der Waals surface area contributed by atoms with Gasteiger partial charge >= 0.3 is 6.09 Å². The molecular weight excluding hydrogens is 362 g/mol. The smallest absolute Gasteiger partial charge is 0.298 e. The first-order valence-electron chi connectivity index (χ1n) is 9.27. The van der Waals surface area contributed by atoms with Crippen molar-refractivity contribution in [3.05, 3.63) is 96.7 Å². The molecule has 0 atom stereocenters. The maximum atomic E-state index is 12.0. The summed E-state index contributed by atoms with van der Waals surface area (Å²) in [6.45, 7) is 0. The predicted octanol–water partition coefficient (Wildman–Crippen LogP) is 5.68. The number of aromatic nitrogens is 1. The summed E-state index contributed by atoms with van der Waals surface area (Å²) < 4.78 is 0. The minimum Gasteiger partial charge on any atom is -0.298 e. The van der Waals surface area contributed by atoms with Crippen molar-refractivity contribution in [3.63, 3.8) is 0 Å². The fraction of sp³-hybridized carbons (Fsp3) is 0.0417. The van der Waals surface area contributed by atoms with E-state index < -0.39 is 6.09 Å². The van der Waals surface area contributed by atoms with Gasteiger partial charge in [-0.05, 0) is 29.1 Å². The van der Waals surface area contributed by atoms with E-state index in [0.29, 0.717) is 12.1 Å². The lowest BCUT2D eigenvalue weighted by molar-refractivity contribution is 0.167. The highest BCUT2D eigenvalue weighted by atomic mass is 16.7. The number of hydrogen-bond acceptors (Lipinski definition) is 4. The lowest BCUT2D eigenvalue weighted by Gasteiger charge is -2.06. The highest BCUT2D eigenvalue weighted by Gasteiger charge is 2.06. The third kappa shape index (κ3) is 4.65. The summed E-state index contributed by atoms with van der Waals surface area (Å²) in [5.41, 5.74) is 3.73. The maximum absolute atomic E-state index is 12.0. The monoisotopic (exact) mass is 381 g/mol. The van der Waals surface area contributed by atoms with Gasteiger partial charge in [-0.25, -0.2) is 4.79 Å². The Morgan fingerprint density at radius 2 is 1.72 bits per heavy atom. The number of carbonyl (C=O) groups is 1. The van der Waals surface area contributed by atoms with Crippen LogP contribution in [0.25, 0.3) is 22.0 Å². The van der Waals surface area contributed by atoms with Crippen molar-refractivity contribution in [1.29, 1.82) is 0 Å². The SMILES string of the molecule is O=C(Nc1cccc2ccccc12)ON=CCc1ccc(-c2ccccn2)cc1. The van der Waals surface area contributed by atoms with Gasteiger partial charge in [0.1, 0.15) is 0 Å². The van der Waals surface area contributed by atoms with E-state index in [1.165, 1.54) is 0 Å². The molecule has 4 rings (SSSR count). The Labute approximate surface area is 168 Å². The summed E-state index contributed by atoms with van der Waals surface area (Å²) in [6, 6.07) is 27.4. The van der Waals surface area contributed by atoms with Crippen LogP contribution < -0.4 is 5.32 Å². The van der Waals surface area contributed by atoms with E-state index in [4.69, 9.17) is 4.84 Å². The molecule has 0 bridgehead atoms. The zero-order chi connectivity index (χ0) is 19.9. The molecule has 5 nitrogen and oxygen atoms in total. The molecular formula is C24H19N3O2. The molecule has 29 heavy (non-hydrogen) atoms. The summed E-state index contributed by atoms with van der Waals surface area (Å²) in [4.78, 5) is 21.3. The lowest BCUT2D eigenvalue weighted by Crippen LogP contribution is -2.11. The zero-order valence-corrected chi connectivity index (χ0v) is 15.7. The first-order chi connectivity index (χ1) is 14.3. The second kappa shape index (κ2) is 8.80. The summed E-state index contributed by atoms with van der Waals surface area (Å²) in [5, 5.41) is 8.49. The Balaban J connectivity index is 1.31. The predicted molar refractivity (Wildman–Crippen MR) is 116 cm³/mol. The third-order valence-corrected chi connectivity index (χ3v) is 4.48. The molecule has 0 saturated carbocycles. The number of benzene rings is 3. The van der Waals surface area contributed by atoms with Gasteiger partial charge in [-0.15, -0.1) is 0 Å². The first kappa shape index (κ1) is 18.4. The van der Waals surface area contributed by atoms with Crippen molar-refractivity contribution in [2.24, 2.45) is 5.16 Å². The van der Waals surface area contributed by atoms with Gasteiger partial charge < -0.3 is 0 Å². The van der Waals surface area contributed by atoms with Crippen LogP contribution in [0.5, 0.6) is 0 Å².